The summed E-state index contributed by atoms with van der Waals surface area (Å²) in [5.41, 5.74) is -0.695. The number of anilines is 1. The maximum Gasteiger partial charge on any atom is 0.695 e. The number of amides is 1. The van der Waals surface area contributed by atoms with E-state index in [1.807, 2.05) is 0 Å². The zero-order chi connectivity index (χ0) is 20.6. The maximum absolute atomic E-state index is 14.6. The van der Waals surface area contributed by atoms with Crippen molar-refractivity contribution in [2.45, 2.75) is 51.8 Å². The summed E-state index contributed by atoms with van der Waals surface area (Å²) in [7, 11) is -3.09. The summed E-state index contributed by atoms with van der Waals surface area (Å²) in [5, 5.41) is 2.47. The fraction of sp³-hybridized carbons (Fsp3) is 0.600. The molecule has 0 spiro atoms. The Labute approximate surface area is 159 Å². The minimum Gasteiger partial charge on any atom is -0.348 e. The van der Waals surface area contributed by atoms with Crippen LogP contribution in [0.4, 0.5) is 10.3 Å². The first-order valence-corrected chi connectivity index (χ1v) is 9.76. The van der Waals surface area contributed by atoms with Crippen molar-refractivity contribution in [1.82, 2.24) is 19.5 Å². The number of nitrogens with zero attached hydrogens (tertiary/aromatic N) is 3. The van der Waals surface area contributed by atoms with Gasteiger partial charge >= 0.3 is 8.25 Å². The third-order valence-electron chi connectivity index (χ3n) is 4.36. The molecule has 0 radical (unpaired) electrons. The molecule has 13 heteroatoms. The van der Waals surface area contributed by atoms with Gasteiger partial charge in [-0.15, -0.1) is 9.42 Å². The number of fused-ring (bicyclic) bond motifs is 1. The monoisotopic (exact) mass is 416 g/mol. The average Bonchev–Trinajstić information content (AvgIpc) is 3.16. The molecular weight excluding hydrogens is 396 g/mol. The lowest BCUT2D eigenvalue weighted by atomic mass is 10.1. The summed E-state index contributed by atoms with van der Waals surface area (Å²) in [5.74, 6) is -0.738. The van der Waals surface area contributed by atoms with Gasteiger partial charge in [0.05, 0.1) is 6.10 Å². The minimum absolute atomic E-state index is 0.00565. The van der Waals surface area contributed by atoms with Gasteiger partial charge in [-0.05, 0) is 6.42 Å². The topological polar surface area (TPSA) is 148 Å². The van der Waals surface area contributed by atoms with Crippen molar-refractivity contribution in [3.63, 3.8) is 0 Å². The highest BCUT2D eigenvalue weighted by Crippen LogP contribution is 2.39. The number of ether oxygens (including phenoxy) is 1. The first-order chi connectivity index (χ1) is 13.2. The SMILES string of the molecule is CC[C@H]1O[C@@H](n2cnc3nc(NC(=O)C(C)C)[nH]c(=O)c32)[C@H](O[P+](=O)O)[C@@H]1F. The third kappa shape index (κ3) is 3.81. The number of aromatic nitrogens is 4. The molecule has 0 bridgehead atoms. The van der Waals surface area contributed by atoms with Crippen LogP contribution in [0.25, 0.3) is 11.2 Å². The van der Waals surface area contributed by atoms with Gasteiger partial charge in [-0.1, -0.05) is 20.8 Å². The number of imidazole rings is 1. The van der Waals surface area contributed by atoms with E-state index in [1.54, 1.807) is 20.8 Å². The van der Waals surface area contributed by atoms with Crippen molar-refractivity contribution in [2.75, 3.05) is 5.32 Å². The minimum atomic E-state index is -3.09. The molecule has 11 nitrogen and oxygen atoms in total. The Kier molecular flexibility index (Phi) is 5.84. The van der Waals surface area contributed by atoms with Crippen LogP contribution in [-0.4, -0.2) is 48.7 Å². The van der Waals surface area contributed by atoms with Gasteiger partial charge in [0.1, 0.15) is 6.33 Å². The van der Waals surface area contributed by atoms with Crippen molar-refractivity contribution in [1.29, 1.82) is 0 Å². The molecule has 1 fully saturated rings. The molecule has 1 aliphatic rings. The first kappa shape index (κ1) is 20.5. The van der Waals surface area contributed by atoms with Crippen LogP contribution in [0.3, 0.4) is 0 Å². The summed E-state index contributed by atoms with van der Waals surface area (Å²) >= 11 is 0. The molecule has 5 atom stereocenters. The van der Waals surface area contributed by atoms with Gasteiger partial charge in [-0.2, -0.15) is 4.98 Å². The molecule has 28 heavy (non-hydrogen) atoms. The largest absolute Gasteiger partial charge is 0.695 e. The molecule has 1 unspecified atom stereocenters. The number of carbonyl (C=O) groups is 1. The molecule has 1 amide bonds. The molecule has 152 valence electrons. The van der Waals surface area contributed by atoms with Crippen LogP contribution in [-0.2, 0) is 18.6 Å². The van der Waals surface area contributed by atoms with Crippen molar-refractivity contribution in [3.05, 3.63) is 16.7 Å². The summed E-state index contributed by atoms with van der Waals surface area (Å²) in [6.45, 7) is 5.06. The Morgan fingerprint density at radius 2 is 2.29 bits per heavy atom. The smallest absolute Gasteiger partial charge is 0.348 e. The van der Waals surface area contributed by atoms with Gasteiger partial charge < -0.3 is 4.74 Å². The molecule has 2 aromatic rings. The van der Waals surface area contributed by atoms with E-state index < -0.39 is 38.4 Å². The van der Waals surface area contributed by atoms with Crippen LogP contribution >= 0.6 is 8.25 Å². The van der Waals surface area contributed by atoms with Crippen LogP contribution in [0.5, 0.6) is 0 Å². The van der Waals surface area contributed by atoms with E-state index in [9.17, 15) is 18.5 Å². The molecule has 3 rings (SSSR count). The van der Waals surface area contributed by atoms with Crippen LogP contribution in [0.15, 0.2) is 11.1 Å². The van der Waals surface area contributed by atoms with Gasteiger partial charge in [0.2, 0.25) is 11.9 Å². The molecule has 2 aromatic heterocycles. The van der Waals surface area contributed by atoms with E-state index in [4.69, 9.17) is 14.2 Å². The second-order valence-electron chi connectivity index (χ2n) is 6.61. The predicted molar refractivity (Wildman–Crippen MR) is 95.4 cm³/mol. The van der Waals surface area contributed by atoms with Crippen molar-refractivity contribution in [3.8, 4) is 0 Å². The maximum atomic E-state index is 14.6. The fourth-order valence-corrected chi connectivity index (χ4v) is 3.35. The zero-order valence-electron chi connectivity index (χ0n) is 15.3. The molecule has 0 saturated carbocycles. The summed E-state index contributed by atoms with van der Waals surface area (Å²) in [4.78, 5) is 43.9. The number of aromatic amines is 1. The van der Waals surface area contributed by atoms with E-state index in [2.05, 4.69) is 20.3 Å². The van der Waals surface area contributed by atoms with Crippen LogP contribution in [0.1, 0.15) is 33.4 Å². The van der Waals surface area contributed by atoms with Crippen molar-refractivity contribution in [2.24, 2.45) is 5.92 Å². The molecular formula is C15H20FN5O6P+. The summed E-state index contributed by atoms with van der Waals surface area (Å²) in [6, 6.07) is 0. The van der Waals surface area contributed by atoms with Crippen LogP contribution in [0, 0.1) is 5.92 Å². The number of hydrogen-bond acceptors (Lipinski definition) is 7. The number of rotatable bonds is 6. The number of H-pyrrole nitrogens is 1. The first-order valence-electron chi connectivity index (χ1n) is 8.63. The van der Waals surface area contributed by atoms with Crippen LogP contribution < -0.4 is 10.9 Å². The lowest BCUT2D eigenvalue weighted by Gasteiger charge is -2.16. The zero-order valence-corrected chi connectivity index (χ0v) is 16.2. The van der Waals surface area contributed by atoms with E-state index >= 15 is 0 Å². The molecule has 0 aliphatic carbocycles. The lowest BCUT2D eigenvalue weighted by molar-refractivity contribution is -0.118. The number of nitrogens with one attached hydrogen (secondary N) is 2. The Morgan fingerprint density at radius 1 is 1.57 bits per heavy atom. The number of alkyl halides is 1. The highest BCUT2D eigenvalue weighted by atomic mass is 31.1. The highest BCUT2D eigenvalue weighted by molar-refractivity contribution is 7.32. The fourth-order valence-electron chi connectivity index (χ4n) is 2.93. The van der Waals surface area contributed by atoms with Gasteiger partial charge in [0.15, 0.2) is 29.7 Å². The van der Waals surface area contributed by atoms with Crippen molar-refractivity contribution < 1.29 is 27.9 Å². The van der Waals surface area contributed by atoms with Crippen LogP contribution in [0.2, 0.25) is 0 Å². The number of hydrogen-bond donors (Lipinski definition) is 3. The predicted octanol–water partition coefficient (Wildman–Crippen LogP) is 1.39. The number of halogens is 1. The Morgan fingerprint density at radius 3 is 2.89 bits per heavy atom. The molecule has 3 heterocycles. The molecule has 3 N–H and O–H groups in total. The second kappa shape index (κ2) is 8.00. The van der Waals surface area contributed by atoms with E-state index in [0.717, 1.165) is 0 Å². The van der Waals surface area contributed by atoms with Gasteiger partial charge in [-0.25, -0.2) is 9.37 Å². The quantitative estimate of drug-likeness (QED) is 0.599. The Bertz CT molecular complexity index is 962. The normalized spacial score (nSPS) is 25.4. The van der Waals surface area contributed by atoms with Crippen molar-refractivity contribution >= 4 is 31.3 Å². The lowest BCUT2D eigenvalue weighted by Crippen LogP contribution is -2.30. The summed E-state index contributed by atoms with van der Waals surface area (Å²) in [6.07, 6.45) is -3.64. The van der Waals surface area contributed by atoms with E-state index in [-0.39, 0.29) is 28.9 Å². The Balaban J connectivity index is 2.00. The van der Waals surface area contributed by atoms with Gasteiger partial charge in [-0.3, -0.25) is 24.5 Å². The van der Waals surface area contributed by atoms with E-state index in [0.29, 0.717) is 6.42 Å². The molecule has 0 aromatic carbocycles. The highest BCUT2D eigenvalue weighted by Gasteiger charge is 2.51. The van der Waals surface area contributed by atoms with Gasteiger partial charge in [0.25, 0.3) is 5.56 Å². The number of carbonyl (C=O) groups excluding carboxylic acids is 1. The average molecular weight is 416 g/mol. The standard InChI is InChI=1S/C15H19FN5O6P/c1-4-7-8(16)10(27-28(24)25)14(26-7)21-5-17-11-9(21)13(23)20-15(18-11)19-12(22)6(2)3/h5-8,10,14H,4H2,1-3H3,(H2-,18,19,20,22,23,24,25)/p+1/t7-,8-,10-,14-/m1/s1. The third-order valence-corrected chi connectivity index (χ3v) is 4.78. The van der Waals surface area contributed by atoms with E-state index in [1.165, 1.54) is 10.9 Å². The van der Waals surface area contributed by atoms with Gasteiger partial charge in [0, 0.05) is 10.5 Å². The molecule has 1 aliphatic heterocycles. The second-order valence-corrected chi connectivity index (χ2v) is 7.29. The Hall–Kier alpha value is -2.27. The summed E-state index contributed by atoms with van der Waals surface area (Å²) < 4.78 is 37.3. The molecule has 1 saturated heterocycles.